The second kappa shape index (κ2) is 16.0. The van der Waals surface area contributed by atoms with Gasteiger partial charge in [-0.2, -0.15) is 0 Å². The average molecular weight is 827 g/mol. The largest absolute Gasteiger partial charge is 0.228 e. The van der Waals surface area contributed by atoms with Crippen LogP contribution in [0.5, 0.6) is 0 Å². The van der Waals surface area contributed by atoms with Crippen molar-refractivity contribution in [2.45, 2.75) is 5.41 Å². The second-order valence-corrected chi connectivity index (χ2v) is 16.8. The second-order valence-electron chi connectivity index (χ2n) is 16.8. The Balaban J connectivity index is 1.05. The third-order valence-electron chi connectivity index (χ3n) is 13.2. The summed E-state index contributed by atoms with van der Waals surface area (Å²) >= 11 is 0. The minimum Gasteiger partial charge on any atom is -0.228 e. The summed E-state index contributed by atoms with van der Waals surface area (Å²) < 4.78 is 0. The van der Waals surface area contributed by atoms with Crippen molar-refractivity contribution in [3.8, 4) is 78.4 Å². The van der Waals surface area contributed by atoms with E-state index in [-0.39, 0.29) is 0 Å². The molecule has 0 unspecified atom stereocenters. The minimum atomic E-state index is -0.547. The van der Waals surface area contributed by atoms with Crippen LogP contribution in [0.1, 0.15) is 22.3 Å². The molecule has 11 aromatic rings. The maximum atomic E-state index is 5.30. The lowest BCUT2D eigenvalue weighted by molar-refractivity contribution is 0.769. The quantitative estimate of drug-likeness (QED) is 0.152. The Morgan fingerprint density at radius 2 is 0.738 bits per heavy atom. The summed E-state index contributed by atoms with van der Waals surface area (Å²) in [6, 6.07) is 92.0. The maximum Gasteiger partial charge on any atom is 0.160 e. The van der Waals surface area contributed by atoms with E-state index in [1.807, 2.05) is 18.2 Å². The molecule has 1 heterocycles. The van der Waals surface area contributed by atoms with Gasteiger partial charge in [0.05, 0.1) is 16.8 Å². The molecule has 2 heteroatoms. The van der Waals surface area contributed by atoms with Crippen molar-refractivity contribution in [1.29, 1.82) is 0 Å². The van der Waals surface area contributed by atoms with Crippen LogP contribution in [0.2, 0.25) is 0 Å². The van der Waals surface area contributed by atoms with Gasteiger partial charge in [0.1, 0.15) is 0 Å². The van der Waals surface area contributed by atoms with Crippen molar-refractivity contribution < 1.29 is 0 Å². The molecule has 0 aliphatic heterocycles. The van der Waals surface area contributed by atoms with Crippen molar-refractivity contribution in [2.75, 3.05) is 0 Å². The fourth-order valence-electron chi connectivity index (χ4n) is 10.3. The highest BCUT2D eigenvalue weighted by molar-refractivity contribution is 6.06. The van der Waals surface area contributed by atoms with Crippen LogP contribution in [-0.4, -0.2) is 9.97 Å². The Morgan fingerprint density at radius 1 is 0.262 bits per heavy atom. The number of hydrogen-bond donors (Lipinski definition) is 0. The van der Waals surface area contributed by atoms with Gasteiger partial charge in [-0.05, 0) is 89.7 Å². The summed E-state index contributed by atoms with van der Waals surface area (Å²) in [6.07, 6.45) is 0. The fourth-order valence-corrected chi connectivity index (χ4v) is 10.3. The van der Waals surface area contributed by atoms with E-state index in [0.717, 1.165) is 33.5 Å². The van der Waals surface area contributed by atoms with Gasteiger partial charge in [-0.25, -0.2) is 9.97 Å². The van der Waals surface area contributed by atoms with Gasteiger partial charge in [-0.1, -0.05) is 243 Å². The first kappa shape index (κ1) is 38.2. The molecule has 0 atom stereocenters. The molecule has 1 aromatic heterocycles. The number of nitrogens with zero attached hydrogens (tertiary/aromatic N) is 2. The van der Waals surface area contributed by atoms with E-state index in [9.17, 15) is 0 Å². The molecule has 304 valence electrons. The molecule has 10 aromatic carbocycles. The summed E-state index contributed by atoms with van der Waals surface area (Å²) in [5.41, 5.74) is 19.1. The van der Waals surface area contributed by atoms with Crippen LogP contribution in [0.25, 0.3) is 89.2 Å². The minimum absolute atomic E-state index is 0.547. The normalized spacial score (nSPS) is 12.4. The topological polar surface area (TPSA) is 25.8 Å². The van der Waals surface area contributed by atoms with Crippen LogP contribution in [0.3, 0.4) is 0 Å². The van der Waals surface area contributed by atoms with Crippen molar-refractivity contribution >= 4 is 10.8 Å². The van der Waals surface area contributed by atoms with Gasteiger partial charge >= 0.3 is 0 Å². The molecule has 0 bridgehead atoms. The predicted octanol–water partition coefficient (Wildman–Crippen LogP) is 16.0. The van der Waals surface area contributed by atoms with Gasteiger partial charge in [0.25, 0.3) is 0 Å². The first-order valence-electron chi connectivity index (χ1n) is 22.3. The molecule has 0 radical (unpaired) electrons. The molecule has 0 saturated heterocycles. The Bertz CT molecular complexity index is 3450. The predicted molar refractivity (Wildman–Crippen MR) is 269 cm³/mol. The van der Waals surface area contributed by atoms with Crippen LogP contribution in [-0.2, 0) is 5.41 Å². The van der Waals surface area contributed by atoms with Gasteiger partial charge in [0.15, 0.2) is 5.82 Å². The third-order valence-corrected chi connectivity index (χ3v) is 13.2. The van der Waals surface area contributed by atoms with Gasteiger partial charge in [-0.15, -0.1) is 0 Å². The zero-order valence-electron chi connectivity index (χ0n) is 35.6. The first-order valence-corrected chi connectivity index (χ1v) is 22.3. The lowest BCUT2D eigenvalue weighted by Crippen LogP contribution is -2.28. The molecule has 0 amide bonds. The van der Waals surface area contributed by atoms with Crippen molar-refractivity contribution in [3.63, 3.8) is 0 Å². The van der Waals surface area contributed by atoms with Gasteiger partial charge in [0.2, 0.25) is 0 Å². The standard InChI is InChI=1S/C63H42N2/c1-6-19-43(20-7-1)44-33-35-46(36-34-44)59-42-60(65-62(64-59)47-23-10-3-11-24-47)55-40-39-51(53-29-16-17-30-54(53)55)48-37-38-56-58(41-48)63(49-25-12-4-13-26-49,50-27-14-5-15-28-50)57-32-18-31-52(61(56)57)45-21-8-2-9-22-45/h1-42H. The molecule has 12 rings (SSSR count). The molecule has 2 nitrogen and oxygen atoms in total. The van der Waals surface area contributed by atoms with E-state index >= 15 is 0 Å². The average Bonchev–Trinajstić information content (AvgIpc) is 3.70. The lowest BCUT2D eigenvalue weighted by atomic mass is 9.67. The molecule has 65 heavy (non-hydrogen) atoms. The Kier molecular flexibility index (Phi) is 9.43. The number of benzene rings is 10. The summed E-state index contributed by atoms with van der Waals surface area (Å²) in [4.78, 5) is 10.5. The molecule has 0 saturated carbocycles. The van der Waals surface area contributed by atoms with Crippen molar-refractivity contribution in [1.82, 2.24) is 9.97 Å². The van der Waals surface area contributed by atoms with E-state index in [2.05, 4.69) is 237 Å². The first-order chi connectivity index (χ1) is 32.2. The van der Waals surface area contributed by atoms with Crippen molar-refractivity contribution in [3.05, 3.63) is 277 Å². The molecule has 1 aliphatic carbocycles. The SMILES string of the molecule is c1ccc(-c2ccc(-c3cc(-c4ccc(-c5ccc6c(c5)C(c5ccccc5)(c5ccccc5)c5cccc(-c7ccccc7)c5-6)c5ccccc45)nc(-c4ccccc4)n3)cc2)cc1. The number of fused-ring (bicyclic) bond motifs is 4. The molecule has 0 N–H and O–H groups in total. The molecular formula is C63H42N2. The molecule has 0 fully saturated rings. The Hall–Kier alpha value is -8.46. The Morgan fingerprint density at radius 3 is 1.38 bits per heavy atom. The monoisotopic (exact) mass is 826 g/mol. The zero-order valence-corrected chi connectivity index (χ0v) is 35.6. The molecule has 1 aliphatic rings. The summed E-state index contributed by atoms with van der Waals surface area (Å²) in [6.45, 7) is 0. The summed E-state index contributed by atoms with van der Waals surface area (Å²) in [5.74, 6) is 0.699. The molecule has 0 spiro atoms. The van der Waals surface area contributed by atoms with E-state index in [4.69, 9.17) is 9.97 Å². The van der Waals surface area contributed by atoms with E-state index < -0.39 is 5.41 Å². The third kappa shape index (κ3) is 6.50. The lowest BCUT2D eigenvalue weighted by Gasteiger charge is -2.34. The van der Waals surface area contributed by atoms with Crippen LogP contribution in [0.15, 0.2) is 255 Å². The van der Waals surface area contributed by atoms with Crippen LogP contribution in [0, 0.1) is 0 Å². The summed E-state index contributed by atoms with van der Waals surface area (Å²) in [5, 5.41) is 2.31. The highest BCUT2D eigenvalue weighted by Gasteiger charge is 2.47. The van der Waals surface area contributed by atoms with Gasteiger partial charge in [0, 0.05) is 16.7 Å². The highest BCUT2D eigenvalue weighted by Crippen LogP contribution is 2.59. The van der Waals surface area contributed by atoms with Crippen molar-refractivity contribution in [2.24, 2.45) is 0 Å². The number of hydrogen-bond acceptors (Lipinski definition) is 2. The molecular weight excluding hydrogens is 785 g/mol. The van der Waals surface area contributed by atoms with Gasteiger partial charge in [-0.3, -0.25) is 0 Å². The van der Waals surface area contributed by atoms with Crippen LogP contribution < -0.4 is 0 Å². The Labute approximate surface area is 379 Å². The maximum absolute atomic E-state index is 5.30. The van der Waals surface area contributed by atoms with E-state index in [1.165, 1.54) is 72.1 Å². The van der Waals surface area contributed by atoms with E-state index in [0.29, 0.717) is 5.82 Å². The summed E-state index contributed by atoms with van der Waals surface area (Å²) in [7, 11) is 0. The smallest absolute Gasteiger partial charge is 0.160 e. The number of aromatic nitrogens is 2. The van der Waals surface area contributed by atoms with Gasteiger partial charge < -0.3 is 0 Å². The fraction of sp³-hybridized carbons (Fsp3) is 0.0159. The zero-order chi connectivity index (χ0) is 43.2. The van der Waals surface area contributed by atoms with Crippen LogP contribution >= 0.6 is 0 Å². The highest BCUT2D eigenvalue weighted by atomic mass is 14.9. The number of rotatable bonds is 8. The van der Waals surface area contributed by atoms with E-state index in [1.54, 1.807) is 0 Å². The van der Waals surface area contributed by atoms with Crippen LogP contribution in [0.4, 0.5) is 0 Å².